The van der Waals surface area contributed by atoms with Gasteiger partial charge in [-0.25, -0.2) is 0 Å². The molecular weight excluding hydrogens is 260 g/mol. The molecule has 3 nitrogen and oxygen atoms in total. The van der Waals surface area contributed by atoms with Gasteiger partial charge in [0.1, 0.15) is 11.5 Å². The molecule has 19 heavy (non-hydrogen) atoms. The average Bonchev–Trinajstić information content (AvgIpc) is 2.48. The number of hydrogen-bond acceptors (Lipinski definition) is 3. The number of para-hydroxylation sites is 1. The smallest absolute Gasteiger partial charge is 0.148 e. The monoisotopic (exact) mass is 280 g/mol. The minimum atomic E-state index is -1.30. The fraction of sp³-hybridized carbons (Fsp3) is 0.533. The van der Waals surface area contributed by atoms with Gasteiger partial charge in [0.25, 0.3) is 0 Å². The third-order valence-electron chi connectivity index (χ3n) is 3.65. The van der Waals surface area contributed by atoms with Gasteiger partial charge in [-0.2, -0.15) is 0 Å². The van der Waals surface area contributed by atoms with E-state index in [0.29, 0.717) is 10.6 Å². The van der Waals surface area contributed by atoms with Crippen LogP contribution < -0.4 is 4.74 Å². The Morgan fingerprint density at radius 3 is 2.63 bits per heavy atom. The zero-order chi connectivity index (χ0) is 13.7. The molecule has 0 aliphatic heterocycles. The molecule has 2 rings (SSSR count). The largest absolute Gasteiger partial charge is 0.495 e. The SMILES string of the molecule is COc1ccccc1S(=O)CC(=O)C1CCCCC1. The molecule has 0 heterocycles. The molecule has 0 N–H and O–H groups in total. The van der Waals surface area contributed by atoms with Crippen LogP contribution in [-0.4, -0.2) is 22.9 Å². The van der Waals surface area contributed by atoms with Gasteiger partial charge in [0.05, 0.1) is 28.6 Å². The summed E-state index contributed by atoms with van der Waals surface area (Å²) in [6.07, 6.45) is 5.39. The van der Waals surface area contributed by atoms with Crippen LogP contribution in [0, 0.1) is 5.92 Å². The molecule has 0 radical (unpaired) electrons. The highest BCUT2D eigenvalue weighted by Crippen LogP contribution is 2.26. The van der Waals surface area contributed by atoms with E-state index in [2.05, 4.69) is 0 Å². The molecule has 1 unspecified atom stereocenters. The standard InChI is InChI=1S/C15H20O3S/c1-18-14-9-5-6-10-15(14)19(17)11-13(16)12-7-3-2-4-8-12/h5-6,9-10,12H,2-4,7-8,11H2,1H3. The first-order chi connectivity index (χ1) is 9.22. The van der Waals surface area contributed by atoms with Gasteiger partial charge in [-0.05, 0) is 25.0 Å². The molecule has 1 fully saturated rings. The zero-order valence-corrected chi connectivity index (χ0v) is 12.1. The summed E-state index contributed by atoms with van der Waals surface area (Å²) in [4.78, 5) is 12.8. The summed E-state index contributed by atoms with van der Waals surface area (Å²) in [5.74, 6) is 0.971. The quantitative estimate of drug-likeness (QED) is 0.833. The van der Waals surface area contributed by atoms with Gasteiger partial charge < -0.3 is 4.74 Å². The summed E-state index contributed by atoms with van der Waals surface area (Å²) in [7, 11) is 0.253. The highest BCUT2D eigenvalue weighted by atomic mass is 32.2. The van der Waals surface area contributed by atoms with E-state index in [4.69, 9.17) is 4.74 Å². The molecule has 1 aliphatic rings. The Morgan fingerprint density at radius 1 is 1.26 bits per heavy atom. The first-order valence-electron chi connectivity index (χ1n) is 6.76. The number of hydrogen-bond donors (Lipinski definition) is 0. The minimum absolute atomic E-state index is 0.116. The van der Waals surface area contributed by atoms with E-state index in [9.17, 15) is 9.00 Å². The molecule has 1 saturated carbocycles. The maximum Gasteiger partial charge on any atom is 0.148 e. The van der Waals surface area contributed by atoms with Crippen molar-refractivity contribution in [3.8, 4) is 5.75 Å². The van der Waals surface area contributed by atoms with Crippen LogP contribution in [0.2, 0.25) is 0 Å². The summed E-state index contributed by atoms with van der Waals surface area (Å²) in [6, 6.07) is 7.20. The molecule has 1 aromatic carbocycles. The van der Waals surface area contributed by atoms with Gasteiger partial charge in [0, 0.05) is 5.92 Å². The number of methoxy groups -OCH3 is 1. The first kappa shape index (κ1) is 14.3. The lowest BCUT2D eigenvalue weighted by Crippen LogP contribution is -2.23. The molecular formula is C15H20O3S. The maximum absolute atomic E-state index is 12.3. The van der Waals surface area contributed by atoms with Crippen molar-refractivity contribution in [2.75, 3.05) is 12.9 Å². The van der Waals surface area contributed by atoms with E-state index in [1.54, 1.807) is 19.2 Å². The van der Waals surface area contributed by atoms with Gasteiger partial charge in [-0.3, -0.25) is 9.00 Å². The predicted molar refractivity (Wildman–Crippen MR) is 75.9 cm³/mol. The van der Waals surface area contributed by atoms with Crippen LogP contribution in [-0.2, 0) is 15.6 Å². The molecule has 4 heteroatoms. The van der Waals surface area contributed by atoms with Gasteiger partial charge in [0.15, 0.2) is 0 Å². The lowest BCUT2D eigenvalue weighted by Gasteiger charge is -2.20. The molecule has 0 aromatic heterocycles. The van der Waals surface area contributed by atoms with Crippen LogP contribution in [0.4, 0.5) is 0 Å². The molecule has 0 bridgehead atoms. The second-order valence-electron chi connectivity index (χ2n) is 4.94. The summed E-state index contributed by atoms with van der Waals surface area (Å²) in [5.41, 5.74) is 0. The molecule has 104 valence electrons. The number of benzene rings is 1. The maximum atomic E-state index is 12.3. The van der Waals surface area contributed by atoms with Crippen molar-refractivity contribution in [2.24, 2.45) is 5.92 Å². The Labute approximate surface area is 116 Å². The van der Waals surface area contributed by atoms with Crippen molar-refractivity contribution in [1.82, 2.24) is 0 Å². The molecule has 1 atom stereocenters. The topological polar surface area (TPSA) is 43.4 Å². The number of rotatable bonds is 5. The van der Waals surface area contributed by atoms with Crippen molar-refractivity contribution in [3.05, 3.63) is 24.3 Å². The number of carbonyl (C=O) groups excluding carboxylic acids is 1. The number of ketones is 1. The van der Waals surface area contributed by atoms with E-state index in [-0.39, 0.29) is 17.5 Å². The van der Waals surface area contributed by atoms with E-state index < -0.39 is 10.8 Å². The van der Waals surface area contributed by atoms with Gasteiger partial charge in [-0.15, -0.1) is 0 Å². The average molecular weight is 280 g/mol. The van der Waals surface area contributed by atoms with Crippen LogP contribution in [0.3, 0.4) is 0 Å². The normalized spacial score (nSPS) is 17.9. The highest BCUT2D eigenvalue weighted by molar-refractivity contribution is 7.85. The van der Waals surface area contributed by atoms with Crippen molar-refractivity contribution in [1.29, 1.82) is 0 Å². The van der Waals surface area contributed by atoms with Crippen LogP contribution >= 0.6 is 0 Å². The van der Waals surface area contributed by atoms with Crippen LogP contribution in [0.5, 0.6) is 5.75 Å². The molecule has 0 amide bonds. The summed E-state index contributed by atoms with van der Waals surface area (Å²) >= 11 is 0. The summed E-state index contributed by atoms with van der Waals surface area (Å²) < 4.78 is 17.5. The number of carbonyl (C=O) groups is 1. The molecule has 1 aromatic rings. The van der Waals surface area contributed by atoms with Crippen molar-refractivity contribution in [3.63, 3.8) is 0 Å². The van der Waals surface area contributed by atoms with Crippen LogP contribution in [0.25, 0.3) is 0 Å². The van der Waals surface area contributed by atoms with E-state index in [1.165, 1.54) is 6.42 Å². The third-order valence-corrected chi connectivity index (χ3v) is 5.02. The Kier molecular flexibility index (Phi) is 5.14. The summed E-state index contributed by atoms with van der Waals surface area (Å²) in [6.45, 7) is 0. The molecule has 1 aliphatic carbocycles. The zero-order valence-electron chi connectivity index (χ0n) is 11.3. The van der Waals surface area contributed by atoms with Crippen molar-refractivity contribution < 1.29 is 13.7 Å². The first-order valence-corrected chi connectivity index (χ1v) is 8.08. The Bertz CT molecular complexity index is 464. The highest BCUT2D eigenvalue weighted by Gasteiger charge is 2.23. The Hall–Kier alpha value is -1.16. The van der Waals surface area contributed by atoms with Crippen molar-refractivity contribution >= 4 is 16.6 Å². The van der Waals surface area contributed by atoms with Gasteiger partial charge in [0.2, 0.25) is 0 Å². The van der Waals surface area contributed by atoms with E-state index in [0.717, 1.165) is 25.7 Å². The Morgan fingerprint density at radius 2 is 1.95 bits per heavy atom. The second kappa shape index (κ2) is 6.85. The van der Waals surface area contributed by atoms with Crippen LogP contribution in [0.1, 0.15) is 32.1 Å². The van der Waals surface area contributed by atoms with Crippen LogP contribution in [0.15, 0.2) is 29.2 Å². The lowest BCUT2D eigenvalue weighted by molar-refractivity contribution is -0.121. The van der Waals surface area contributed by atoms with Crippen molar-refractivity contribution in [2.45, 2.75) is 37.0 Å². The molecule has 0 spiro atoms. The second-order valence-corrected chi connectivity index (χ2v) is 6.36. The lowest BCUT2D eigenvalue weighted by atomic mass is 9.87. The van der Waals surface area contributed by atoms with Gasteiger partial charge in [-0.1, -0.05) is 31.4 Å². The third kappa shape index (κ3) is 3.66. The minimum Gasteiger partial charge on any atom is -0.495 e. The number of Topliss-reactive ketones (excluding diaryl/α,β-unsaturated/α-hetero) is 1. The van der Waals surface area contributed by atoms with E-state index in [1.807, 2.05) is 12.1 Å². The summed E-state index contributed by atoms with van der Waals surface area (Å²) in [5, 5.41) is 0. The fourth-order valence-electron chi connectivity index (χ4n) is 2.56. The predicted octanol–water partition coefficient (Wildman–Crippen LogP) is 2.95. The Balaban J connectivity index is 2.02. The molecule has 0 saturated heterocycles. The fourth-order valence-corrected chi connectivity index (χ4v) is 3.81. The van der Waals surface area contributed by atoms with Gasteiger partial charge >= 0.3 is 0 Å². The number of ether oxygens (including phenoxy) is 1. The van der Waals surface area contributed by atoms with E-state index >= 15 is 0 Å².